The van der Waals surface area contributed by atoms with E-state index in [-0.39, 0.29) is 5.91 Å². The third kappa shape index (κ3) is 6.39. The highest BCUT2D eigenvalue weighted by Gasteiger charge is 2.03. The minimum absolute atomic E-state index is 0.0908. The molecule has 3 nitrogen and oxygen atoms in total. The number of fused-ring (bicyclic) bond motifs is 1. The average Bonchev–Trinajstić information content (AvgIpc) is 2.57. The van der Waals surface area contributed by atoms with Gasteiger partial charge in [-0.05, 0) is 18.6 Å². The summed E-state index contributed by atoms with van der Waals surface area (Å²) in [6, 6.07) is 9.91. The molecule has 1 aromatic carbocycles. The van der Waals surface area contributed by atoms with Crippen LogP contribution >= 0.6 is 0 Å². The van der Waals surface area contributed by atoms with E-state index < -0.39 is 0 Å². The Bertz CT molecular complexity index is 609. The highest BCUT2D eigenvalue weighted by Crippen LogP contribution is 2.16. The van der Waals surface area contributed by atoms with Crippen molar-refractivity contribution in [3.8, 4) is 0 Å². The van der Waals surface area contributed by atoms with Gasteiger partial charge in [0.05, 0.1) is 17.4 Å². The number of carbonyl (C=O) groups is 1. The Morgan fingerprint density at radius 1 is 1.00 bits per heavy atom. The molecule has 1 aromatic heterocycles. The predicted octanol–water partition coefficient (Wildman–Crippen LogP) is 5.70. The fourth-order valence-corrected chi connectivity index (χ4v) is 2.78. The maximum Gasteiger partial charge on any atom is 0.224 e. The van der Waals surface area contributed by atoms with Gasteiger partial charge in [-0.3, -0.25) is 9.78 Å². The minimum atomic E-state index is 0.0908. The van der Waals surface area contributed by atoms with E-state index >= 15 is 0 Å². The molecule has 0 aliphatic heterocycles. The van der Waals surface area contributed by atoms with Crippen molar-refractivity contribution in [1.29, 1.82) is 0 Å². The fourth-order valence-electron chi connectivity index (χ4n) is 2.78. The van der Waals surface area contributed by atoms with E-state index in [1.165, 1.54) is 38.5 Å². The molecule has 0 aliphatic carbocycles. The number of hydrogen-bond donors (Lipinski definition) is 1. The number of benzene rings is 1. The third-order valence-corrected chi connectivity index (χ3v) is 4.13. The quantitative estimate of drug-likeness (QED) is 0.571. The van der Waals surface area contributed by atoms with Crippen LogP contribution in [0.15, 0.2) is 36.5 Å². The number of para-hydroxylation sites is 1. The molecule has 2 aromatic rings. The van der Waals surface area contributed by atoms with Gasteiger partial charge in [0.25, 0.3) is 0 Å². The van der Waals surface area contributed by atoms with E-state index in [1.807, 2.05) is 30.3 Å². The van der Waals surface area contributed by atoms with Crippen molar-refractivity contribution in [2.24, 2.45) is 0 Å². The number of anilines is 1. The molecule has 0 bridgehead atoms. The Labute approximate surface area is 139 Å². The van der Waals surface area contributed by atoms with Gasteiger partial charge in [-0.15, -0.1) is 0 Å². The molecule has 0 atom stereocenters. The number of carbonyl (C=O) groups excluding carboxylic acids is 1. The summed E-state index contributed by atoms with van der Waals surface area (Å²) in [7, 11) is 0. The molecule has 0 unspecified atom stereocenters. The third-order valence-electron chi connectivity index (χ3n) is 4.13. The lowest BCUT2D eigenvalue weighted by molar-refractivity contribution is -0.116. The van der Waals surface area contributed by atoms with Crippen LogP contribution in [0.1, 0.15) is 64.7 Å². The number of unbranched alkanes of at least 4 members (excludes halogenated alkanes) is 7. The van der Waals surface area contributed by atoms with Crippen LogP contribution in [-0.4, -0.2) is 10.9 Å². The molecule has 0 radical (unpaired) electrons. The minimum Gasteiger partial charge on any atom is -0.325 e. The number of rotatable bonds is 10. The average molecular weight is 312 g/mol. The molecule has 2 rings (SSSR count). The lowest BCUT2D eigenvalue weighted by Gasteiger charge is -2.06. The zero-order chi connectivity index (χ0) is 16.3. The Kier molecular flexibility index (Phi) is 7.58. The normalized spacial score (nSPS) is 10.8. The largest absolute Gasteiger partial charge is 0.325 e. The van der Waals surface area contributed by atoms with Gasteiger partial charge < -0.3 is 5.32 Å². The lowest BCUT2D eigenvalue weighted by atomic mass is 10.1. The number of amides is 1. The van der Waals surface area contributed by atoms with E-state index in [0.717, 1.165) is 29.4 Å². The van der Waals surface area contributed by atoms with Gasteiger partial charge in [-0.25, -0.2) is 0 Å². The lowest BCUT2D eigenvalue weighted by Crippen LogP contribution is -2.11. The molecule has 124 valence electrons. The van der Waals surface area contributed by atoms with Crippen LogP contribution in [-0.2, 0) is 4.79 Å². The first-order chi connectivity index (χ1) is 11.3. The second-order valence-electron chi connectivity index (χ2n) is 6.19. The first-order valence-corrected chi connectivity index (χ1v) is 8.94. The SMILES string of the molecule is CCCCCCCCCCC(=O)Nc1cnc2ccccc2c1. The van der Waals surface area contributed by atoms with Crippen molar-refractivity contribution in [3.63, 3.8) is 0 Å². The Balaban J connectivity index is 1.64. The molecule has 0 aliphatic rings. The molecule has 3 heteroatoms. The summed E-state index contributed by atoms with van der Waals surface area (Å²) in [4.78, 5) is 16.3. The summed E-state index contributed by atoms with van der Waals surface area (Å²) in [5.74, 6) is 0.0908. The van der Waals surface area contributed by atoms with Gasteiger partial charge in [0, 0.05) is 11.8 Å². The van der Waals surface area contributed by atoms with Crippen molar-refractivity contribution >= 4 is 22.5 Å². The second kappa shape index (κ2) is 9.98. The van der Waals surface area contributed by atoms with E-state index in [4.69, 9.17) is 0 Å². The second-order valence-corrected chi connectivity index (χ2v) is 6.19. The summed E-state index contributed by atoms with van der Waals surface area (Å²) in [6.45, 7) is 2.24. The van der Waals surface area contributed by atoms with Gasteiger partial charge in [0.15, 0.2) is 0 Å². The number of nitrogens with one attached hydrogen (secondary N) is 1. The monoisotopic (exact) mass is 312 g/mol. The Morgan fingerprint density at radius 3 is 2.48 bits per heavy atom. The van der Waals surface area contributed by atoms with Gasteiger partial charge >= 0.3 is 0 Å². The zero-order valence-corrected chi connectivity index (χ0v) is 14.2. The molecule has 0 spiro atoms. The fraction of sp³-hybridized carbons (Fsp3) is 0.500. The van der Waals surface area contributed by atoms with Gasteiger partial charge in [0.1, 0.15) is 0 Å². The first kappa shape index (κ1) is 17.5. The standard InChI is InChI=1S/C20H28N2O/c1-2-3-4-5-6-7-8-9-14-20(23)22-18-15-17-12-10-11-13-19(17)21-16-18/h10-13,15-16H,2-9,14H2,1H3,(H,22,23). The molecule has 1 amide bonds. The molecule has 23 heavy (non-hydrogen) atoms. The van der Waals surface area contributed by atoms with Crippen LogP contribution in [0, 0.1) is 0 Å². The topological polar surface area (TPSA) is 42.0 Å². The Hall–Kier alpha value is -1.90. The van der Waals surface area contributed by atoms with E-state index in [2.05, 4.69) is 17.2 Å². The summed E-state index contributed by atoms with van der Waals surface area (Å²) in [5.41, 5.74) is 1.74. The van der Waals surface area contributed by atoms with Crippen molar-refractivity contribution in [3.05, 3.63) is 36.5 Å². The van der Waals surface area contributed by atoms with Crippen molar-refractivity contribution in [1.82, 2.24) is 4.98 Å². The molecule has 0 fully saturated rings. The van der Waals surface area contributed by atoms with Crippen LogP contribution in [0.2, 0.25) is 0 Å². The van der Waals surface area contributed by atoms with Crippen LogP contribution in [0.25, 0.3) is 10.9 Å². The van der Waals surface area contributed by atoms with Gasteiger partial charge in [0.2, 0.25) is 5.91 Å². The maximum absolute atomic E-state index is 12.0. The van der Waals surface area contributed by atoms with Crippen LogP contribution in [0.4, 0.5) is 5.69 Å². The predicted molar refractivity (Wildman–Crippen MR) is 97.6 cm³/mol. The van der Waals surface area contributed by atoms with Crippen molar-refractivity contribution in [2.45, 2.75) is 64.7 Å². The van der Waals surface area contributed by atoms with Crippen LogP contribution < -0.4 is 5.32 Å². The molecule has 1 N–H and O–H groups in total. The summed E-state index contributed by atoms with van der Waals surface area (Å²) >= 11 is 0. The zero-order valence-electron chi connectivity index (χ0n) is 14.2. The van der Waals surface area contributed by atoms with E-state index in [0.29, 0.717) is 6.42 Å². The van der Waals surface area contributed by atoms with Crippen molar-refractivity contribution in [2.75, 3.05) is 5.32 Å². The first-order valence-electron chi connectivity index (χ1n) is 8.94. The number of aromatic nitrogens is 1. The van der Waals surface area contributed by atoms with Gasteiger partial charge in [-0.1, -0.05) is 70.1 Å². The van der Waals surface area contributed by atoms with Crippen LogP contribution in [0.3, 0.4) is 0 Å². The Morgan fingerprint density at radius 2 is 1.70 bits per heavy atom. The summed E-state index contributed by atoms with van der Waals surface area (Å²) in [5, 5.41) is 4.00. The van der Waals surface area contributed by atoms with Crippen LogP contribution in [0.5, 0.6) is 0 Å². The molecule has 0 saturated heterocycles. The van der Waals surface area contributed by atoms with E-state index in [1.54, 1.807) is 6.20 Å². The van der Waals surface area contributed by atoms with Crippen molar-refractivity contribution < 1.29 is 4.79 Å². The van der Waals surface area contributed by atoms with E-state index in [9.17, 15) is 4.79 Å². The molecule has 0 saturated carbocycles. The number of hydrogen-bond acceptors (Lipinski definition) is 2. The number of nitrogens with zero attached hydrogens (tertiary/aromatic N) is 1. The smallest absolute Gasteiger partial charge is 0.224 e. The maximum atomic E-state index is 12.0. The molecular formula is C20H28N2O. The summed E-state index contributed by atoms with van der Waals surface area (Å²) in [6.07, 6.45) is 12.3. The van der Waals surface area contributed by atoms with Gasteiger partial charge in [-0.2, -0.15) is 0 Å². The number of pyridine rings is 1. The highest BCUT2D eigenvalue weighted by atomic mass is 16.1. The summed E-state index contributed by atoms with van der Waals surface area (Å²) < 4.78 is 0. The molecular weight excluding hydrogens is 284 g/mol. The highest BCUT2D eigenvalue weighted by molar-refractivity contribution is 5.93. The molecule has 1 heterocycles.